The Kier molecular flexibility index (Phi) is 3.90. The summed E-state index contributed by atoms with van der Waals surface area (Å²) in [7, 11) is 3.66. The Balaban J connectivity index is 2.82. The monoisotopic (exact) mass is 222 g/mol. The fourth-order valence-electron chi connectivity index (χ4n) is 1.45. The second kappa shape index (κ2) is 4.99. The predicted molar refractivity (Wildman–Crippen MR) is 64.8 cm³/mol. The van der Waals surface area contributed by atoms with Crippen LogP contribution >= 0.6 is 0 Å². The third kappa shape index (κ3) is 2.97. The van der Waals surface area contributed by atoms with Crippen molar-refractivity contribution in [2.24, 2.45) is 0 Å². The molecule has 0 aliphatic heterocycles. The molecule has 16 heavy (non-hydrogen) atoms. The second-order valence-corrected chi connectivity index (χ2v) is 4.19. The number of hydrogen-bond acceptors (Lipinski definition) is 3. The molecule has 4 nitrogen and oxygen atoms in total. The molecule has 88 valence electrons. The van der Waals surface area contributed by atoms with E-state index < -0.39 is 0 Å². The molecule has 0 fully saturated rings. The number of benzene rings is 1. The minimum absolute atomic E-state index is 0.0867. The normalized spacial score (nSPS) is 10.6. The van der Waals surface area contributed by atoms with Crippen LogP contribution in [-0.4, -0.2) is 36.6 Å². The Bertz CT molecular complexity index is 400. The van der Waals surface area contributed by atoms with Gasteiger partial charge in [0, 0.05) is 11.3 Å². The smallest absolute Gasteiger partial charge is 0.238 e. The van der Waals surface area contributed by atoms with E-state index in [0.717, 1.165) is 5.56 Å². The van der Waals surface area contributed by atoms with Crippen LogP contribution in [0.2, 0.25) is 0 Å². The first-order valence-corrected chi connectivity index (χ1v) is 5.15. The number of phenolic OH excluding ortho intramolecular Hbond substituents is 1. The molecule has 0 unspecified atom stereocenters. The molecular formula is C12H18N2O2. The van der Waals surface area contributed by atoms with Crippen molar-refractivity contribution in [2.45, 2.75) is 13.8 Å². The van der Waals surface area contributed by atoms with Crippen LogP contribution in [0.5, 0.6) is 5.75 Å². The highest BCUT2D eigenvalue weighted by atomic mass is 16.3. The topological polar surface area (TPSA) is 52.6 Å². The lowest BCUT2D eigenvalue weighted by Gasteiger charge is -2.13. The molecule has 0 aliphatic rings. The van der Waals surface area contributed by atoms with Crippen molar-refractivity contribution < 1.29 is 9.90 Å². The second-order valence-electron chi connectivity index (χ2n) is 4.19. The molecule has 0 aromatic heterocycles. The van der Waals surface area contributed by atoms with E-state index in [0.29, 0.717) is 17.8 Å². The number of anilines is 1. The summed E-state index contributed by atoms with van der Waals surface area (Å²) in [6, 6.07) is 3.59. The van der Waals surface area contributed by atoms with E-state index in [1.54, 1.807) is 24.0 Å². The summed E-state index contributed by atoms with van der Waals surface area (Å²) in [5.41, 5.74) is 2.17. The molecule has 0 heterocycles. The molecule has 0 bridgehead atoms. The van der Waals surface area contributed by atoms with Gasteiger partial charge in [0.05, 0.1) is 6.54 Å². The summed E-state index contributed by atoms with van der Waals surface area (Å²) in [5.74, 6) is 0.152. The first kappa shape index (κ1) is 12.5. The molecule has 0 aliphatic carbocycles. The predicted octanol–water partition coefficient (Wildman–Crippen LogP) is 1.51. The summed E-state index contributed by atoms with van der Waals surface area (Å²) >= 11 is 0. The summed E-state index contributed by atoms with van der Waals surface area (Å²) in [6.45, 7) is 3.94. The molecule has 0 saturated heterocycles. The van der Waals surface area contributed by atoms with Crippen molar-refractivity contribution in [1.29, 1.82) is 0 Å². The van der Waals surface area contributed by atoms with Gasteiger partial charge in [-0.2, -0.15) is 0 Å². The van der Waals surface area contributed by atoms with Crippen LogP contribution < -0.4 is 5.32 Å². The zero-order chi connectivity index (χ0) is 12.3. The van der Waals surface area contributed by atoms with Crippen LogP contribution in [0.1, 0.15) is 11.1 Å². The van der Waals surface area contributed by atoms with E-state index in [9.17, 15) is 9.90 Å². The van der Waals surface area contributed by atoms with Gasteiger partial charge in [0.1, 0.15) is 5.75 Å². The quantitative estimate of drug-likeness (QED) is 0.815. The van der Waals surface area contributed by atoms with Gasteiger partial charge in [-0.15, -0.1) is 0 Å². The number of aromatic hydroxyl groups is 1. The Morgan fingerprint density at radius 1 is 1.38 bits per heavy atom. The molecule has 0 radical (unpaired) electrons. The maximum Gasteiger partial charge on any atom is 0.238 e. The Hall–Kier alpha value is -1.55. The van der Waals surface area contributed by atoms with Gasteiger partial charge in [-0.25, -0.2) is 0 Å². The van der Waals surface area contributed by atoms with Gasteiger partial charge in [0.25, 0.3) is 0 Å². The van der Waals surface area contributed by atoms with Gasteiger partial charge in [-0.05, 0) is 39.6 Å². The zero-order valence-electron chi connectivity index (χ0n) is 10.2. The number of rotatable bonds is 3. The summed E-state index contributed by atoms with van der Waals surface area (Å²) in [6.07, 6.45) is 0. The van der Waals surface area contributed by atoms with Gasteiger partial charge in [-0.3, -0.25) is 4.79 Å². The van der Waals surface area contributed by atoms with Crippen LogP contribution in [0.25, 0.3) is 0 Å². The lowest BCUT2D eigenvalue weighted by Crippen LogP contribution is -2.27. The average Bonchev–Trinajstić information content (AvgIpc) is 2.18. The van der Waals surface area contributed by atoms with Gasteiger partial charge in [0.2, 0.25) is 5.91 Å². The molecule has 0 atom stereocenters. The van der Waals surface area contributed by atoms with Gasteiger partial charge in [0.15, 0.2) is 0 Å². The van der Waals surface area contributed by atoms with E-state index >= 15 is 0 Å². The van der Waals surface area contributed by atoms with Gasteiger partial charge in [-0.1, -0.05) is 6.07 Å². The summed E-state index contributed by atoms with van der Waals surface area (Å²) in [4.78, 5) is 13.3. The Morgan fingerprint density at radius 3 is 2.56 bits per heavy atom. The molecule has 1 rings (SSSR count). The van der Waals surface area contributed by atoms with E-state index in [1.807, 2.05) is 21.0 Å². The molecule has 0 spiro atoms. The van der Waals surface area contributed by atoms with Gasteiger partial charge >= 0.3 is 0 Å². The highest BCUT2D eigenvalue weighted by Gasteiger charge is 2.09. The van der Waals surface area contributed by atoms with E-state index in [1.165, 1.54) is 0 Å². The lowest BCUT2D eigenvalue weighted by atomic mass is 10.1. The largest absolute Gasteiger partial charge is 0.507 e. The maximum atomic E-state index is 11.5. The SMILES string of the molecule is Cc1ccc(NC(=O)CN(C)C)c(C)c1O. The number of carbonyl (C=O) groups excluding carboxylic acids is 1. The molecule has 2 N–H and O–H groups in total. The molecule has 1 aromatic carbocycles. The van der Waals surface area contributed by atoms with Crippen molar-refractivity contribution in [3.05, 3.63) is 23.3 Å². The van der Waals surface area contributed by atoms with E-state index in [4.69, 9.17) is 0 Å². The Morgan fingerprint density at radius 2 is 2.00 bits per heavy atom. The maximum absolute atomic E-state index is 11.5. The molecule has 1 amide bonds. The fourth-order valence-corrected chi connectivity index (χ4v) is 1.45. The van der Waals surface area contributed by atoms with Crippen LogP contribution in [-0.2, 0) is 4.79 Å². The van der Waals surface area contributed by atoms with Crippen molar-refractivity contribution >= 4 is 11.6 Å². The molecular weight excluding hydrogens is 204 g/mol. The van der Waals surface area contributed by atoms with E-state index in [-0.39, 0.29) is 11.7 Å². The number of nitrogens with zero attached hydrogens (tertiary/aromatic N) is 1. The van der Waals surface area contributed by atoms with Crippen molar-refractivity contribution in [1.82, 2.24) is 4.90 Å². The van der Waals surface area contributed by atoms with Crippen LogP contribution in [0.3, 0.4) is 0 Å². The third-order valence-electron chi connectivity index (χ3n) is 2.37. The highest BCUT2D eigenvalue weighted by molar-refractivity contribution is 5.93. The molecule has 0 saturated carbocycles. The standard InChI is InChI=1S/C12H18N2O2/c1-8-5-6-10(9(2)12(8)16)13-11(15)7-14(3)4/h5-6,16H,7H2,1-4H3,(H,13,15). The number of hydrogen-bond donors (Lipinski definition) is 2. The van der Waals surface area contributed by atoms with Crippen molar-refractivity contribution in [3.8, 4) is 5.75 Å². The van der Waals surface area contributed by atoms with Crippen LogP contribution in [0, 0.1) is 13.8 Å². The number of likely N-dealkylation sites (N-methyl/N-ethyl adjacent to an activating group) is 1. The highest BCUT2D eigenvalue weighted by Crippen LogP contribution is 2.27. The minimum atomic E-state index is -0.0867. The zero-order valence-corrected chi connectivity index (χ0v) is 10.2. The van der Waals surface area contributed by atoms with Crippen molar-refractivity contribution in [3.63, 3.8) is 0 Å². The Labute approximate surface area is 95.9 Å². The number of aryl methyl sites for hydroxylation is 1. The van der Waals surface area contributed by atoms with Crippen molar-refractivity contribution in [2.75, 3.05) is 26.0 Å². The fraction of sp³-hybridized carbons (Fsp3) is 0.417. The first-order chi connectivity index (χ1) is 7.41. The van der Waals surface area contributed by atoms with Gasteiger partial charge < -0.3 is 15.3 Å². The minimum Gasteiger partial charge on any atom is -0.507 e. The van der Waals surface area contributed by atoms with E-state index in [2.05, 4.69) is 5.32 Å². The molecule has 1 aromatic rings. The number of amides is 1. The van der Waals surface area contributed by atoms with Crippen LogP contribution in [0.15, 0.2) is 12.1 Å². The number of carbonyl (C=O) groups is 1. The summed E-state index contributed by atoms with van der Waals surface area (Å²) in [5, 5.41) is 12.5. The lowest BCUT2D eigenvalue weighted by molar-refractivity contribution is -0.116. The average molecular weight is 222 g/mol. The van der Waals surface area contributed by atoms with Crippen LogP contribution in [0.4, 0.5) is 5.69 Å². The third-order valence-corrected chi connectivity index (χ3v) is 2.37. The molecule has 4 heteroatoms. The number of phenols is 1. The number of nitrogens with one attached hydrogen (secondary N) is 1. The first-order valence-electron chi connectivity index (χ1n) is 5.15. The summed E-state index contributed by atoms with van der Waals surface area (Å²) < 4.78 is 0.